The van der Waals surface area contributed by atoms with E-state index in [1.54, 1.807) is 16.6 Å². The summed E-state index contributed by atoms with van der Waals surface area (Å²) in [6.07, 6.45) is 1.63. The molecular formula is C10H10N4O3S. The van der Waals surface area contributed by atoms with Gasteiger partial charge in [0, 0.05) is 19.5 Å². The molecule has 2 rings (SSSR count). The van der Waals surface area contributed by atoms with Gasteiger partial charge >= 0.3 is 5.88 Å². The van der Waals surface area contributed by atoms with Gasteiger partial charge in [-0.1, -0.05) is 0 Å². The Kier molecular flexibility index (Phi) is 3.38. The Hall–Kier alpha value is -2.22. The molecule has 0 bridgehead atoms. The molecule has 0 spiro atoms. The maximum Gasteiger partial charge on any atom is 0.433 e. The molecule has 2 heterocycles. The average molecular weight is 266 g/mol. The van der Waals surface area contributed by atoms with Gasteiger partial charge in [-0.3, -0.25) is 10.1 Å². The molecule has 0 aliphatic carbocycles. The van der Waals surface area contributed by atoms with Crippen molar-refractivity contribution in [3.63, 3.8) is 0 Å². The van der Waals surface area contributed by atoms with E-state index in [4.69, 9.17) is 4.42 Å². The summed E-state index contributed by atoms with van der Waals surface area (Å²) in [6.45, 7) is 0. The van der Waals surface area contributed by atoms with E-state index in [-0.39, 0.29) is 5.88 Å². The molecule has 0 unspecified atom stereocenters. The van der Waals surface area contributed by atoms with Crippen LogP contribution in [0.1, 0.15) is 0 Å². The molecule has 2 aromatic rings. The number of nitrogens with zero attached hydrogens (tertiary/aromatic N) is 4. The van der Waals surface area contributed by atoms with E-state index in [1.165, 1.54) is 23.5 Å². The molecule has 94 valence electrons. The number of aromatic nitrogens is 1. The van der Waals surface area contributed by atoms with E-state index in [0.29, 0.717) is 16.6 Å². The minimum absolute atomic E-state index is 0.295. The molecule has 0 N–H and O–H groups in total. The van der Waals surface area contributed by atoms with Crippen LogP contribution < -0.4 is 0 Å². The van der Waals surface area contributed by atoms with Crippen molar-refractivity contribution in [1.29, 1.82) is 0 Å². The number of hydrogen-bond donors (Lipinski definition) is 0. The summed E-state index contributed by atoms with van der Waals surface area (Å²) in [4.78, 5) is 20.0. The second-order valence-corrected chi connectivity index (χ2v) is 4.46. The predicted molar refractivity (Wildman–Crippen MR) is 68.3 cm³/mol. The maximum atomic E-state index is 10.5. The number of hydrogen-bond acceptors (Lipinski definition) is 6. The number of aliphatic imine (C=N–C) groups is 1. The third-order valence-corrected chi connectivity index (χ3v) is 2.66. The highest BCUT2D eigenvalue weighted by Crippen LogP contribution is 2.29. The highest BCUT2D eigenvalue weighted by Gasteiger charge is 2.14. The van der Waals surface area contributed by atoms with Crippen LogP contribution in [-0.2, 0) is 0 Å². The molecule has 7 nitrogen and oxygen atoms in total. The lowest BCUT2D eigenvalue weighted by molar-refractivity contribution is -0.401. The van der Waals surface area contributed by atoms with Gasteiger partial charge in [-0.25, -0.2) is 9.98 Å². The van der Waals surface area contributed by atoms with Crippen molar-refractivity contribution in [3.05, 3.63) is 27.6 Å². The average Bonchev–Trinajstić information content (AvgIpc) is 2.95. The summed E-state index contributed by atoms with van der Waals surface area (Å²) in [6, 6.07) is 2.82. The molecule has 0 aliphatic rings. The number of nitro groups is 1. The molecule has 8 heteroatoms. The summed E-state index contributed by atoms with van der Waals surface area (Å²) in [7, 11) is 3.71. The monoisotopic (exact) mass is 266 g/mol. The second-order valence-electron chi connectivity index (χ2n) is 3.62. The molecule has 2 aromatic heterocycles. The van der Waals surface area contributed by atoms with Crippen LogP contribution in [0.15, 0.2) is 26.9 Å². The Morgan fingerprint density at radius 2 is 2.33 bits per heavy atom. The topological polar surface area (TPSA) is 84.8 Å². The van der Waals surface area contributed by atoms with E-state index in [1.807, 2.05) is 14.1 Å². The van der Waals surface area contributed by atoms with Gasteiger partial charge in [-0.2, -0.15) is 0 Å². The van der Waals surface area contributed by atoms with E-state index in [9.17, 15) is 10.1 Å². The van der Waals surface area contributed by atoms with Gasteiger partial charge in [-0.05, 0) is 6.07 Å². The molecular weight excluding hydrogens is 256 g/mol. The summed E-state index contributed by atoms with van der Waals surface area (Å²) in [5.74, 6) is 0.0700. The molecule has 18 heavy (non-hydrogen) atoms. The zero-order valence-corrected chi connectivity index (χ0v) is 10.5. The van der Waals surface area contributed by atoms with Crippen LogP contribution in [0.3, 0.4) is 0 Å². The van der Waals surface area contributed by atoms with Crippen molar-refractivity contribution in [3.8, 4) is 11.5 Å². The van der Waals surface area contributed by atoms with Crippen LogP contribution in [0.5, 0.6) is 0 Å². The van der Waals surface area contributed by atoms with Crippen molar-refractivity contribution in [1.82, 2.24) is 9.88 Å². The highest BCUT2D eigenvalue weighted by molar-refractivity contribution is 7.13. The van der Waals surface area contributed by atoms with E-state index in [2.05, 4.69) is 9.98 Å². The largest absolute Gasteiger partial charge is 0.433 e. The van der Waals surface area contributed by atoms with E-state index < -0.39 is 4.92 Å². The lowest BCUT2D eigenvalue weighted by Gasteiger charge is -1.99. The third kappa shape index (κ3) is 2.72. The van der Waals surface area contributed by atoms with Crippen LogP contribution in [0.2, 0.25) is 0 Å². The summed E-state index contributed by atoms with van der Waals surface area (Å²) < 4.78 is 5.05. The first-order chi connectivity index (χ1) is 8.56. The molecule has 0 fully saturated rings. The lowest BCUT2D eigenvalue weighted by atomic mass is 10.4. The van der Waals surface area contributed by atoms with Gasteiger partial charge in [0.2, 0.25) is 5.13 Å². The molecule has 0 aliphatic heterocycles. The van der Waals surface area contributed by atoms with E-state index >= 15 is 0 Å². The fourth-order valence-corrected chi connectivity index (χ4v) is 1.81. The zero-order valence-electron chi connectivity index (χ0n) is 9.73. The number of thiazole rings is 1. The quantitative estimate of drug-likeness (QED) is 0.367. The van der Waals surface area contributed by atoms with Gasteiger partial charge in [0.05, 0.1) is 12.4 Å². The van der Waals surface area contributed by atoms with Gasteiger partial charge < -0.3 is 9.32 Å². The fraction of sp³-hybridized carbons (Fsp3) is 0.200. The molecule has 0 saturated heterocycles. The molecule has 0 saturated carbocycles. The Morgan fingerprint density at radius 3 is 2.94 bits per heavy atom. The first kappa shape index (κ1) is 12.2. The van der Waals surface area contributed by atoms with Gasteiger partial charge in [0.25, 0.3) is 0 Å². The summed E-state index contributed by atoms with van der Waals surface area (Å²) in [5, 5.41) is 12.8. The van der Waals surface area contributed by atoms with Crippen LogP contribution in [0, 0.1) is 10.1 Å². The van der Waals surface area contributed by atoms with E-state index in [0.717, 1.165) is 0 Å². The Bertz CT molecular complexity index is 587. The fourth-order valence-electron chi connectivity index (χ4n) is 1.17. The van der Waals surface area contributed by atoms with Crippen molar-refractivity contribution in [2.45, 2.75) is 0 Å². The van der Waals surface area contributed by atoms with Crippen molar-refractivity contribution in [2.24, 2.45) is 4.99 Å². The first-order valence-corrected chi connectivity index (χ1v) is 5.85. The minimum atomic E-state index is -0.582. The van der Waals surface area contributed by atoms with Crippen LogP contribution in [-0.4, -0.2) is 35.2 Å². The highest BCUT2D eigenvalue weighted by atomic mass is 32.1. The number of furan rings is 1. The van der Waals surface area contributed by atoms with Crippen molar-refractivity contribution >= 4 is 28.7 Å². The minimum Gasteiger partial charge on any atom is -0.399 e. The van der Waals surface area contributed by atoms with Gasteiger partial charge in [0.1, 0.15) is 10.6 Å². The number of rotatable bonds is 4. The molecule has 0 atom stereocenters. The van der Waals surface area contributed by atoms with Gasteiger partial charge in [-0.15, -0.1) is 11.3 Å². The maximum absolute atomic E-state index is 10.5. The van der Waals surface area contributed by atoms with Gasteiger partial charge in [0.15, 0.2) is 5.76 Å². The molecule has 0 aromatic carbocycles. The van der Waals surface area contributed by atoms with Crippen LogP contribution in [0.4, 0.5) is 11.0 Å². The summed E-state index contributed by atoms with van der Waals surface area (Å²) in [5.41, 5.74) is 0.541. The molecule has 0 amide bonds. The lowest BCUT2D eigenvalue weighted by Crippen LogP contribution is -2.06. The van der Waals surface area contributed by atoms with Crippen LogP contribution in [0.25, 0.3) is 11.5 Å². The van der Waals surface area contributed by atoms with Crippen LogP contribution >= 0.6 is 11.3 Å². The summed E-state index contributed by atoms with van der Waals surface area (Å²) >= 11 is 1.34. The molecule has 0 radical (unpaired) electrons. The normalized spacial score (nSPS) is 11.0. The zero-order chi connectivity index (χ0) is 13.1. The Morgan fingerprint density at radius 1 is 1.56 bits per heavy atom. The first-order valence-electron chi connectivity index (χ1n) is 4.97. The SMILES string of the molecule is CN(C)C=Nc1nc(-c2ccc([N+](=O)[O-])o2)cs1. The Balaban J connectivity index is 2.21. The Labute approximate surface area is 107 Å². The van der Waals surface area contributed by atoms with Crippen molar-refractivity contribution in [2.75, 3.05) is 14.1 Å². The van der Waals surface area contributed by atoms with Crippen molar-refractivity contribution < 1.29 is 9.34 Å². The predicted octanol–water partition coefficient (Wildman–Crippen LogP) is 2.53. The standard InChI is InChI=1S/C10H10N4O3S/c1-13(2)6-11-10-12-7(5-18-10)8-3-4-9(17-8)14(15)16/h3-6H,1-2H3. The smallest absolute Gasteiger partial charge is 0.399 e. The third-order valence-electron chi connectivity index (χ3n) is 1.92. The second kappa shape index (κ2) is 4.96.